The molecule has 6 aliphatic rings. The minimum atomic E-state index is -0.577. The number of hydrogen-bond donors (Lipinski definition) is 2. The summed E-state index contributed by atoms with van der Waals surface area (Å²) < 4.78 is 6.48. The van der Waals surface area contributed by atoms with E-state index in [-0.39, 0.29) is 34.7 Å². The molecule has 0 aromatic carbocycles. The van der Waals surface area contributed by atoms with Gasteiger partial charge in [-0.05, 0) is 87.5 Å². The fourth-order valence-electron chi connectivity index (χ4n) is 10.8. The number of ether oxygens (including phenoxy) is 1. The quantitative estimate of drug-likeness (QED) is 0.314. The van der Waals surface area contributed by atoms with Crippen LogP contribution >= 0.6 is 11.8 Å². The third-order valence-corrected chi connectivity index (χ3v) is 14.6. The lowest BCUT2D eigenvalue weighted by Crippen LogP contribution is -2.63. The van der Waals surface area contributed by atoms with Gasteiger partial charge in [0.2, 0.25) is 0 Å². The van der Waals surface area contributed by atoms with E-state index in [0.717, 1.165) is 37.6 Å². The van der Waals surface area contributed by atoms with Crippen LogP contribution in [-0.4, -0.2) is 69.0 Å². The lowest BCUT2D eigenvalue weighted by molar-refractivity contribution is -0.217. The van der Waals surface area contributed by atoms with Gasteiger partial charge in [-0.3, -0.25) is 9.69 Å². The number of aliphatic hydroxyl groups is 2. The van der Waals surface area contributed by atoms with Gasteiger partial charge in [0, 0.05) is 22.1 Å². The van der Waals surface area contributed by atoms with Crippen molar-refractivity contribution in [3.05, 3.63) is 12.7 Å². The van der Waals surface area contributed by atoms with Crippen molar-refractivity contribution in [1.82, 2.24) is 4.90 Å². The molecular weight excluding hydrogens is 470 g/mol. The molecule has 6 heteroatoms. The van der Waals surface area contributed by atoms with E-state index in [9.17, 15) is 15.0 Å². The smallest absolute Gasteiger partial charge is 0.316 e. The van der Waals surface area contributed by atoms with Crippen molar-refractivity contribution in [2.24, 2.45) is 39.9 Å². The molecule has 36 heavy (non-hydrogen) atoms. The van der Waals surface area contributed by atoms with Crippen LogP contribution in [0.1, 0.15) is 79.1 Å². The van der Waals surface area contributed by atoms with E-state index >= 15 is 0 Å². The summed E-state index contributed by atoms with van der Waals surface area (Å²) in [7, 11) is 2.25. The highest BCUT2D eigenvalue weighted by molar-refractivity contribution is 8.00. The van der Waals surface area contributed by atoms with Gasteiger partial charge in [0.25, 0.3) is 0 Å². The van der Waals surface area contributed by atoms with Crippen LogP contribution in [0.2, 0.25) is 0 Å². The molecule has 1 spiro atoms. The maximum atomic E-state index is 13.5. The third-order valence-electron chi connectivity index (χ3n) is 13.2. The second-order valence-electron chi connectivity index (χ2n) is 14.1. The number of thioether (sulfide) groups is 1. The Bertz CT molecular complexity index is 940. The van der Waals surface area contributed by atoms with Gasteiger partial charge in [0.15, 0.2) is 0 Å². The molecule has 1 aliphatic heterocycles. The van der Waals surface area contributed by atoms with E-state index in [4.69, 9.17) is 4.74 Å². The predicted octanol–water partition coefficient (Wildman–Crippen LogP) is 4.65. The molecule has 2 N–H and O–H groups in total. The number of nitrogens with zero attached hydrogens (tertiary/aromatic N) is 1. The number of piperidine rings is 1. The minimum absolute atomic E-state index is 0.0314. The van der Waals surface area contributed by atoms with Crippen molar-refractivity contribution in [2.75, 3.05) is 12.8 Å². The van der Waals surface area contributed by atoms with Crippen molar-refractivity contribution >= 4 is 17.7 Å². The van der Waals surface area contributed by atoms with Gasteiger partial charge in [-0.1, -0.05) is 33.8 Å². The van der Waals surface area contributed by atoms with Gasteiger partial charge < -0.3 is 14.9 Å². The van der Waals surface area contributed by atoms with Crippen molar-refractivity contribution in [3.63, 3.8) is 0 Å². The zero-order chi connectivity index (χ0) is 25.8. The molecule has 5 saturated carbocycles. The molecule has 6 rings (SSSR count). The first kappa shape index (κ1) is 25.7. The zero-order valence-corrected chi connectivity index (χ0v) is 23.7. The number of esters is 1. The molecule has 5 aliphatic carbocycles. The standard InChI is InChI=1S/C30H47NO4S/c1-7-27(4)15-22(35-24(33)16-36-23-14-19-8-9-21-30(19,23)31(21)6)28(5)17(2)10-12-29(18(3)26(27)34)13-11-20(32)25(28)29/h7,17-23,25-26,32,34H,1,8-16H2,2-6H3. The molecule has 14 atom stereocenters. The summed E-state index contributed by atoms with van der Waals surface area (Å²) in [5.74, 6) is 1.50. The number of rotatable bonds is 5. The summed E-state index contributed by atoms with van der Waals surface area (Å²) in [6, 6.07) is 0.728. The Kier molecular flexibility index (Phi) is 5.87. The molecule has 1 saturated heterocycles. The molecule has 14 unspecified atom stereocenters. The average Bonchev–Trinajstić information content (AvgIpc) is 3.14. The van der Waals surface area contributed by atoms with Crippen molar-refractivity contribution < 1.29 is 19.7 Å². The summed E-state index contributed by atoms with van der Waals surface area (Å²) in [5.41, 5.74) is -0.640. The van der Waals surface area contributed by atoms with Crippen LogP contribution in [0.25, 0.3) is 0 Å². The number of likely N-dealkylation sites (tertiary alicyclic amines) is 1. The van der Waals surface area contributed by atoms with Gasteiger partial charge in [-0.25, -0.2) is 0 Å². The number of carbonyl (C=O) groups excluding carboxylic acids is 1. The van der Waals surface area contributed by atoms with Gasteiger partial charge in [0.05, 0.1) is 23.5 Å². The highest BCUT2D eigenvalue weighted by Crippen LogP contribution is 2.70. The maximum absolute atomic E-state index is 13.5. The molecule has 0 aromatic heterocycles. The molecule has 1 heterocycles. The molecule has 0 radical (unpaired) electrons. The first-order valence-corrected chi connectivity index (χ1v) is 15.6. The molecule has 2 bridgehead atoms. The number of carbonyl (C=O) groups is 1. The largest absolute Gasteiger partial charge is 0.461 e. The zero-order valence-electron chi connectivity index (χ0n) is 22.9. The van der Waals surface area contributed by atoms with Gasteiger partial charge in [-0.2, -0.15) is 0 Å². The molecule has 202 valence electrons. The van der Waals surface area contributed by atoms with Crippen LogP contribution in [0.15, 0.2) is 12.7 Å². The maximum Gasteiger partial charge on any atom is 0.316 e. The monoisotopic (exact) mass is 517 g/mol. The fraction of sp³-hybridized carbons (Fsp3) is 0.900. The summed E-state index contributed by atoms with van der Waals surface area (Å²) in [6.45, 7) is 13.0. The highest BCUT2D eigenvalue weighted by Gasteiger charge is 2.76. The summed E-state index contributed by atoms with van der Waals surface area (Å²) >= 11 is 1.80. The molecule has 5 nitrogen and oxygen atoms in total. The van der Waals surface area contributed by atoms with E-state index in [0.29, 0.717) is 28.9 Å². The Hall–Kier alpha value is -0.560. The molecule has 6 fully saturated rings. The van der Waals surface area contributed by atoms with Crippen LogP contribution in [0.4, 0.5) is 0 Å². The highest BCUT2D eigenvalue weighted by atomic mass is 32.2. The van der Waals surface area contributed by atoms with Gasteiger partial charge in [-0.15, -0.1) is 18.3 Å². The SMILES string of the molecule is C=CC1(C)CC(OC(=O)CSC2CC3CCC4N(C)C324)C2(C)C(C)CCC3(CCC(O)C32)C(C)C1O. The van der Waals surface area contributed by atoms with Crippen LogP contribution in [0, 0.1) is 39.9 Å². The van der Waals surface area contributed by atoms with E-state index in [2.05, 4.69) is 46.2 Å². The molecule has 0 amide bonds. The Morgan fingerprint density at radius 2 is 1.89 bits per heavy atom. The number of aliphatic hydroxyl groups excluding tert-OH is 2. The lowest BCUT2D eigenvalue weighted by atomic mass is 9.43. The number of likely N-dealkylation sites (N-methyl/N-ethyl adjacent to an activating group) is 1. The van der Waals surface area contributed by atoms with Gasteiger partial charge in [0.1, 0.15) is 6.10 Å². The van der Waals surface area contributed by atoms with Crippen LogP contribution in [0.3, 0.4) is 0 Å². The minimum Gasteiger partial charge on any atom is -0.461 e. The van der Waals surface area contributed by atoms with Gasteiger partial charge >= 0.3 is 5.97 Å². The first-order valence-electron chi connectivity index (χ1n) is 14.5. The summed E-state index contributed by atoms with van der Waals surface area (Å²) in [6.07, 6.45) is 8.77. The normalized spacial score (nSPS) is 59.0. The van der Waals surface area contributed by atoms with Crippen LogP contribution in [-0.2, 0) is 9.53 Å². The average molecular weight is 518 g/mol. The van der Waals surface area contributed by atoms with E-state index in [1.807, 2.05) is 6.08 Å². The number of hydrogen-bond acceptors (Lipinski definition) is 6. The molecular formula is C30H47NO4S. The Balaban J connectivity index is 1.26. The summed E-state index contributed by atoms with van der Waals surface area (Å²) in [5, 5.41) is 23.6. The third kappa shape index (κ3) is 3.05. The Morgan fingerprint density at radius 3 is 2.56 bits per heavy atom. The molecule has 0 aromatic rings. The van der Waals surface area contributed by atoms with Crippen LogP contribution in [0.5, 0.6) is 0 Å². The summed E-state index contributed by atoms with van der Waals surface area (Å²) in [4.78, 5) is 16.0. The van der Waals surface area contributed by atoms with Crippen molar-refractivity contribution in [2.45, 2.75) is 114 Å². The van der Waals surface area contributed by atoms with Crippen LogP contribution < -0.4 is 0 Å². The van der Waals surface area contributed by atoms with Crippen molar-refractivity contribution in [1.29, 1.82) is 0 Å². The first-order chi connectivity index (χ1) is 17.0. The topological polar surface area (TPSA) is 69.8 Å². The lowest BCUT2D eigenvalue weighted by Gasteiger charge is -2.63. The predicted molar refractivity (Wildman–Crippen MR) is 144 cm³/mol. The second kappa shape index (κ2) is 8.22. The fourth-order valence-corrected chi connectivity index (χ4v) is 12.3. The second-order valence-corrected chi connectivity index (χ2v) is 15.3. The van der Waals surface area contributed by atoms with E-state index < -0.39 is 17.6 Å². The Labute approximate surface area is 221 Å². The van der Waals surface area contributed by atoms with E-state index in [1.54, 1.807) is 11.8 Å². The van der Waals surface area contributed by atoms with Crippen molar-refractivity contribution in [3.8, 4) is 0 Å². The Morgan fingerprint density at radius 1 is 1.17 bits per heavy atom. The van der Waals surface area contributed by atoms with E-state index in [1.165, 1.54) is 19.3 Å².